The van der Waals surface area contributed by atoms with Gasteiger partial charge in [-0.25, -0.2) is 0 Å². The van der Waals surface area contributed by atoms with Crippen LogP contribution in [0.25, 0.3) is 11.1 Å². The number of benzene rings is 2. The summed E-state index contributed by atoms with van der Waals surface area (Å²) in [5.74, 6) is 1.92. The quantitative estimate of drug-likeness (QED) is 0.418. The highest BCUT2D eigenvalue weighted by Crippen LogP contribution is 2.38. The second-order valence-corrected chi connectivity index (χ2v) is 9.11. The van der Waals surface area contributed by atoms with Crippen LogP contribution < -0.4 is 9.47 Å². The van der Waals surface area contributed by atoms with Gasteiger partial charge in [-0.1, -0.05) is 18.2 Å². The SMILES string of the molecule is COc1ccc(COCCc2c(C)nc3c(c2-c2ccc4c(c2)CCCO4)CCCC3)cc1. The summed E-state index contributed by atoms with van der Waals surface area (Å²) in [4.78, 5) is 5.05. The maximum atomic E-state index is 6.09. The molecule has 3 aromatic rings. The summed E-state index contributed by atoms with van der Waals surface area (Å²) in [5, 5.41) is 0. The first-order valence-corrected chi connectivity index (χ1v) is 12.2. The van der Waals surface area contributed by atoms with Crippen molar-refractivity contribution in [2.75, 3.05) is 20.3 Å². The number of aryl methyl sites for hydroxylation is 3. The lowest BCUT2D eigenvalue weighted by Gasteiger charge is -2.25. The minimum absolute atomic E-state index is 0.604. The van der Waals surface area contributed by atoms with E-state index >= 15 is 0 Å². The zero-order valence-electron chi connectivity index (χ0n) is 19.8. The number of fused-ring (bicyclic) bond motifs is 2. The molecular weight excluding hydrogens is 410 g/mol. The lowest BCUT2D eigenvalue weighted by Crippen LogP contribution is -2.14. The molecule has 0 fully saturated rings. The highest BCUT2D eigenvalue weighted by Gasteiger charge is 2.22. The van der Waals surface area contributed by atoms with Gasteiger partial charge in [-0.05, 0) is 110 Å². The Kier molecular flexibility index (Phi) is 6.63. The third-order valence-electron chi connectivity index (χ3n) is 6.90. The predicted molar refractivity (Wildman–Crippen MR) is 131 cm³/mol. The summed E-state index contributed by atoms with van der Waals surface area (Å²) in [5.41, 5.74) is 10.4. The highest BCUT2D eigenvalue weighted by molar-refractivity contribution is 5.74. The van der Waals surface area contributed by atoms with E-state index < -0.39 is 0 Å². The van der Waals surface area contributed by atoms with Crippen LogP contribution in [0.15, 0.2) is 42.5 Å². The van der Waals surface area contributed by atoms with Crippen LogP contribution in [0.4, 0.5) is 0 Å². The number of hydrogen-bond donors (Lipinski definition) is 0. The van der Waals surface area contributed by atoms with Gasteiger partial charge in [0.1, 0.15) is 11.5 Å². The van der Waals surface area contributed by atoms with E-state index in [1.165, 1.54) is 46.4 Å². The molecule has 0 N–H and O–H groups in total. The van der Waals surface area contributed by atoms with Crippen LogP contribution in [-0.4, -0.2) is 25.3 Å². The Labute approximate surface area is 196 Å². The van der Waals surface area contributed by atoms with E-state index in [9.17, 15) is 0 Å². The summed E-state index contributed by atoms with van der Waals surface area (Å²) >= 11 is 0. The van der Waals surface area contributed by atoms with Crippen LogP contribution in [0.5, 0.6) is 11.5 Å². The first kappa shape index (κ1) is 22.0. The van der Waals surface area contributed by atoms with Crippen LogP contribution in [0.2, 0.25) is 0 Å². The average molecular weight is 444 g/mol. The third-order valence-corrected chi connectivity index (χ3v) is 6.90. The van der Waals surface area contributed by atoms with Crippen molar-refractivity contribution in [3.8, 4) is 22.6 Å². The lowest BCUT2D eigenvalue weighted by molar-refractivity contribution is 0.123. The summed E-state index contributed by atoms with van der Waals surface area (Å²) in [6.45, 7) is 4.27. The normalized spacial score (nSPS) is 14.8. The molecule has 0 saturated carbocycles. The second-order valence-electron chi connectivity index (χ2n) is 9.11. The molecule has 2 aromatic carbocycles. The van der Waals surface area contributed by atoms with E-state index in [4.69, 9.17) is 19.2 Å². The Morgan fingerprint density at radius 2 is 1.82 bits per heavy atom. The molecule has 0 unspecified atom stereocenters. The van der Waals surface area contributed by atoms with Gasteiger partial charge in [0.15, 0.2) is 0 Å². The van der Waals surface area contributed by atoms with Gasteiger partial charge in [-0.3, -0.25) is 4.98 Å². The van der Waals surface area contributed by atoms with Gasteiger partial charge in [-0.15, -0.1) is 0 Å². The van der Waals surface area contributed by atoms with E-state index in [0.717, 1.165) is 61.5 Å². The van der Waals surface area contributed by atoms with E-state index in [1.807, 2.05) is 12.1 Å². The van der Waals surface area contributed by atoms with Crippen LogP contribution in [0, 0.1) is 6.92 Å². The largest absolute Gasteiger partial charge is 0.497 e. The smallest absolute Gasteiger partial charge is 0.122 e. The van der Waals surface area contributed by atoms with Crippen molar-refractivity contribution in [2.45, 2.75) is 58.5 Å². The molecule has 0 radical (unpaired) electrons. The summed E-state index contributed by atoms with van der Waals surface area (Å²) in [6, 6.07) is 14.9. The minimum Gasteiger partial charge on any atom is -0.497 e. The van der Waals surface area contributed by atoms with E-state index in [-0.39, 0.29) is 0 Å². The van der Waals surface area contributed by atoms with Crippen molar-refractivity contribution in [3.63, 3.8) is 0 Å². The molecule has 0 saturated heterocycles. The summed E-state index contributed by atoms with van der Waals surface area (Å²) in [7, 11) is 1.69. The summed E-state index contributed by atoms with van der Waals surface area (Å²) in [6.07, 6.45) is 7.74. The highest BCUT2D eigenvalue weighted by atomic mass is 16.5. The van der Waals surface area contributed by atoms with Gasteiger partial charge >= 0.3 is 0 Å². The molecule has 2 aliphatic rings. The van der Waals surface area contributed by atoms with Crippen LogP contribution in [-0.2, 0) is 37.0 Å². The molecule has 5 rings (SSSR count). The molecule has 0 bridgehead atoms. The predicted octanol–water partition coefficient (Wildman–Crippen LogP) is 6.03. The average Bonchev–Trinajstić information content (AvgIpc) is 2.86. The fourth-order valence-electron chi connectivity index (χ4n) is 5.17. The number of aromatic nitrogens is 1. The second kappa shape index (κ2) is 9.96. The molecule has 0 spiro atoms. The zero-order valence-corrected chi connectivity index (χ0v) is 19.8. The maximum Gasteiger partial charge on any atom is 0.122 e. The molecular formula is C29H33NO3. The van der Waals surface area contributed by atoms with Crippen LogP contribution in [0.1, 0.15) is 52.9 Å². The van der Waals surface area contributed by atoms with Crippen molar-refractivity contribution in [1.82, 2.24) is 4.98 Å². The van der Waals surface area contributed by atoms with Gasteiger partial charge < -0.3 is 14.2 Å². The Balaban J connectivity index is 1.40. The molecule has 1 aliphatic heterocycles. The minimum atomic E-state index is 0.604. The van der Waals surface area contributed by atoms with Crippen molar-refractivity contribution < 1.29 is 14.2 Å². The number of rotatable bonds is 7. The topological polar surface area (TPSA) is 40.6 Å². The zero-order chi connectivity index (χ0) is 22.6. The Morgan fingerprint density at radius 3 is 2.67 bits per heavy atom. The first-order chi connectivity index (χ1) is 16.2. The Bertz CT molecular complexity index is 1120. The fraction of sp³-hybridized carbons (Fsp3) is 0.414. The Hall–Kier alpha value is -2.85. The third kappa shape index (κ3) is 4.77. The van der Waals surface area contributed by atoms with E-state index in [0.29, 0.717) is 13.2 Å². The van der Waals surface area contributed by atoms with Gasteiger partial charge in [0.25, 0.3) is 0 Å². The maximum absolute atomic E-state index is 6.09. The van der Waals surface area contributed by atoms with Gasteiger partial charge in [0.05, 0.1) is 26.9 Å². The van der Waals surface area contributed by atoms with E-state index in [2.05, 4.69) is 37.3 Å². The van der Waals surface area contributed by atoms with Crippen molar-refractivity contribution in [1.29, 1.82) is 0 Å². The monoisotopic (exact) mass is 443 g/mol. The lowest BCUT2D eigenvalue weighted by atomic mass is 9.84. The van der Waals surface area contributed by atoms with Crippen LogP contribution >= 0.6 is 0 Å². The molecule has 2 heterocycles. The van der Waals surface area contributed by atoms with Crippen molar-refractivity contribution in [3.05, 3.63) is 76.1 Å². The molecule has 4 heteroatoms. The number of pyridine rings is 1. The molecule has 1 aliphatic carbocycles. The number of methoxy groups -OCH3 is 1. The van der Waals surface area contributed by atoms with Crippen molar-refractivity contribution in [2.24, 2.45) is 0 Å². The van der Waals surface area contributed by atoms with Gasteiger partial charge in [0.2, 0.25) is 0 Å². The van der Waals surface area contributed by atoms with E-state index in [1.54, 1.807) is 7.11 Å². The van der Waals surface area contributed by atoms with Gasteiger partial charge in [0, 0.05) is 11.4 Å². The Morgan fingerprint density at radius 1 is 0.970 bits per heavy atom. The fourth-order valence-corrected chi connectivity index (χ4v) is 5.17. The van der Waals surface area contributed by atoms with Crippen LogP contribution in [0.3, 0.4) is 0 Å². The molecule has 172 valence electrons. The number of nitrogens with zero attached hydrogens (tertiary/aromatic N) is 1. The molecule has 4 nitrogen and oxygen atoms in total. The number of hydrogen-bond acceptors (Lipinski definition) is 4. The number of ether oxygens (including phenoxy) is 3. The molecule has 33 heavy (non-hydrogen) atoms. The standard InChI is InChI=1S/C29H33NO3/c1-20-25(15-17-32-19-21-9-12-24(31-2)13-10-21)29(26-7-3-4-8-27(26)30-20)23-11-14-28-22(18-23)6-5-16-33-28/h9-14,18H,3-8,15-17,19H2,1-2H3. The summed E-state index contributed by atoms with van der Waals surface area (Å²) < 4.78 is 17.2. The van der Waals surface area contributed by atoms with Gasteiger partial charge in [-0.2, -0.15) is 0 Å². The first-order valence-electron chi connectivity index (χ1n) is 12.2. The van der Waals surface area contributed by atoms with Crippen molar-refractivity contribution >= 4 is 0 Å². The molecule has 0 amide bonds. The molecule has 1 aromatic heterocycles. The molecule has 0 atom stereocenters.